The van der Waals surface area contributed by atoms with Crippen LogP contribution in [0.5, 0.6) is 0 Å². The molecule has 110 valence electrons. The second-order valence-corrected chi connectivity index (χ2v) is 4.72. The maximum Gasteiger partial charge on any atom is 0.377 e. The fraction of sp³-hybridized carbons (Fsp3) is 0.176. The largest absolute Gasteiger partial charge is 0.475 e. The quantitative estimate of drug-likeness (QED) is 0.693. The van der Waals surface area contributed by atoms with E-state index in [9.17, 15) is 9.59 Å². The summed E-state index contributed by atoms with van der Waals surface area (Å²) in [6.07, 6.45) is 0. The number of aliphatic carboxylic acids is 1. The molecule has 2 rings (SSSR count). The third kappa shape index (κ3) is 6.49. The van der Waals surface area contributed by atoms with E-state index < -0.39 is 11.8 Å². The Hall–Kier alpha value is -2.46. The molecule has 0 aliphatic carbocycles. The lowest BCUT2D eigenvalue weighted by Gasteiger charge is -2.08. The van der Waals surface area contributed by atoms with E-state index in [-0.39, 0.29) is 5.56 Å². The molecule has 2 aromatic carbocycles. The highest BCUT2D eigenvalue weighted by Crippen LogP contribution is 2.00. The Morgan fingerprint density at radius 1 is 0.905 bits per heavy atom. The summed E-state index contributed by atoms with van der Waals surface area (Å²) in [6, 6.07) is 18.4. The number of carbonyl (C=O) groups is 2. The van der Waals surface area contributed by atoms with Gasteiger partial charge < -0.3 is 10.0 Å². The number of rotatable bonds is 4. The zero-order valence-electron chi connectivity index (χ0n) is 12.2. The van der Waals surface area contributed by atoms with E-state index in [1.807, 2.05) is 6.07 Å². The Bertz CT molecular complexity index is 565. The Morgan fingerprint density at radius 3 is 1.81 bits per heavy atom. The van der Waals surface area contributed by atoms with Crippen LogP contribution < -0.4 is 0 Å². The number of hydrogen-bond donors (Lipinski definition) is 1. The molecular formula is C17H19NO3. The van der Waals surface area contributed by atoms with Crippen molar-refractivity contribution in [1.82, 2.24) is 4.90 Å². The van der Waals surface area contributed by atoms with Crippen LogP contribution in [0.2, 0.25) is 0 Å². The average molecular weight is 285 g/mol. The Labute approximate surface area is 124 Å². The van der Waals surface area contributed by atoms with Gasteiger partial charge in [0.2, 0.25) is 0 Å². The molecule has 4 nitrogen and oxygen atoms in total. The van der Waals surface area contributed by atoms with Crippen molar-refractivity contribution >= 4 is 11.8 Å². The van der Waals surface area contributed by atoms with Crippen molar-refractivity contribution in [3.8, 4) is 0 Å². The zero-order valence-corrected chi connectivity index (χ0v) is 12.2. The van der Waals surface area contributed by atoms with Crippen LogP contribution >= 0.6 is 0 Å². The highest BCUT2D eigenvalue weighted by Gasteiger charge is 2.12. The van der Waals surface area contributed by atoms with Gasteiger partial charge in [0.05, 0.1) is 0 Å². The number of ketones is 1. The standard InChI is InChI=1S/C9H13N.C8H6O3/c1-10(2)8-9-6-4-3-5-7-9;9-7(8(10)11)6-4-2-1-3-5-6/h3-7H,8H2,1-2H3;1-5H,(H,10,11). The minimum Gasteiger partial charge on any atom is -0.475 e. The van der Waals surface area contributed by atoms with E-state index in [4.69, 9.17) is 5.11 Å². The summed E-state index contributed by atoms with van der Waals surface area (Å²) < 4.78 is 0. The molecule has 4 heteroatoms. The summed E-state index contributed by atoms with van der Waals surface area (Å²) in [5, 5.41) is 8.29. The normalized spacial score (nSPS) is 9.67. The van der Waals surface area contributed by atoms with Crippen molar-refractivity contribution < 1.29 is 14.7 Å². The van der Waals surface area contributed by atoms with Gasteiger partial charge >= 0.3 is 5.97 Å². The van der Waals surface area contributed by atoms with Gasteiger partial charge in [-0.15, -0.1) is 0 Å². The Balaban J connectivity index is 0.000000211. The fourth-order valence-electron chi connectivity index (χ4n) is 1.66. The molecule has 0 amide bonds. The third-order valence-corrected chi connectivity index (χ3v) is 2.57. The van der Waals surface area contributed by atoms with E-state index in [1.165, 1.54) is 17.7 Å². The first-order valence-electron chi connectivity index (χ1n) is 6.52. The van der Waals surface area contributed by atoms with Crippen molar-refractivity contribution in [3.05, 3.63) is 71.8 Å². The monoisotopic (exact) mass is 285 g/mol. The van der Waals surface area contributed by atoms with Crippen molar-refractivity contribution in [1.29, 1.82) is 0 Å². The molecule has 0 aliphatic heterocycles. The SMILES string of the molecule is CN(C)Cc1ccccc1.O=C(O)C(=O)c1ccccc1. The summed E-state index contributed by atoms with van der Waals surface area (Å²) in [5.74, 6) is -2.29. The van der Waals surface area contributed by atoms with Gasteiger partial charge in [-0.3, -0.25) is 4.79 Å². The molecule has 0 saturated carbocycles. The average Bonchev–Trinajstić information content (AvgIpc) is 2.48. The lowest BCUT2D eigenvalue weighted by molar-refractivity contribution is -0.131. The lowest BCUT2D eigenvalue weighted by Crippen LogP contribution is -2.12. The van der Waals surface area contributed by atoms with Crippen LogP contribution in [0.4, 0.5) is 0 Å². The molecular weight excluding hydrogens is 266 g/mol. The van der Waals surface area contributed by atoms with Gasteiger partial charge in [-0.25, -0.2) is 4.79 Å². The second kappa shape index (κ2) is 8.66. The first kappa shape index (κ1) is 16.6. The molecule has 0 atom stereocenters. The van der Waals surface area contributed by atoms with Crippen LogP contribution in [-0.2, 0) is 11.3 Å². The van der Waals surface area contributed by atoms with Crippen molar-refractivity contribution in [2.24, 2.45) is 0 Å². The van der Waals surface area contributed by atoms with Crippen LogP contribution in [0.1, 0.15) is 15.9 Å². The number of carbonyl (C=O) groups excluding carboxylic acids is 1. The predicted octanol–water partition coefficient (Wildman–Crippen LogP) is 2.70. The smallest absolute Gasteiger partial charge is 0.377 e. The fourth-order valence-corrected chi connectivity index (χ4v) is 1.66. The number of Topliss-reactive ketones (excluding diaryl/α,β-unsaturated/α-hetero) is 1. The first-order chi connectivity index (χ1) is 10.0. The van der Waals surface area contributed by atoms with E-state index in [0.717, 1.165) is 6.54 Å². The molecule has 0 fully saturated rings. The molecule has 0 aromatic heterocycles. The first-order valence-corrected chi connectivity index (χ1v) is 6.52. The van der Waals surface area contributed by atoms with Gasteiger partial charge in [0.1, 0.15) is 0 Å². The molecule has 0 spiro atoms. The van der Waals surface area contributed by atoms with Crippen LogP contribution in [0.25, 0.3) is 0 Å². The number of carboxylic acids is 1. The Kier molecular flexibility index (Phi) is 6.84. The molecule has 0 bridgehead atoms. The van der Waals surface area contributed by atoms with Gasteiger partial charge in [0, 0.05) is 12.1 Å². The van der Waals surface area contributed by atoms with Gasteiger partial charge in [-0.05, 0) is 19.7 Å². The van der Waals surface area contributed by atoms with Crippen LogP contribution in [0.15, 0.2) is 60.7 Å². The molecule has 0 radical (unpaired) electrons. The van der Waals surface area contributed by atoms with Crippen LogP contribution in [-0.4, -0.2) is 35.9 Å². The van der Waals surface area contributed by atoms with Gasteiger partial charge in [0.25, 0.3) is 5.78 Å². The van der Waals surface area contributed by atoms with Crippen LogP contribution in [0, 0.1) is 0 Å². The molecule has 2 aromatic rings. The summed E-state index contributed by atoms with van der Waals surface area (Å²) in [7, 11) is 4.15. The van der Waals surface area contributed by atoms with E-state index >= 15 is 0 Å². The maximum atomic E-state index is 10.7. The number of nitrogens with zero attached hydrogens (tertiary/aromatic N) is 1. The Morgan fingerprint density at radius 2 is 1.38 bits per heavy atom. The minimum atomic E-state index is -1.42. The molecule has 1 N–H and O–H groups in total. The maximum absolute atomic E-state index is 10.7. The van der Waals surface area contributed by atoms with Crippen molar-refractivity contribution in [2.75, 3.05) is 14.1 Å². The third-order valence-electron chi connectivity index (χ3n) is 2.57. The van der Waals surface area contributed by atoms with Crippen LogP contribution in [0.3, 0.4) is 0 Å². The van der Waals surface area contributed by atoms with E-state index in [1.54, 1.807) is 18.2 Å². The molecule has 21 heavy (non-hydrogen) atoms. The highest BCUT2D eigenvalue weighted by atomic mass is 16.4. The summed E-state index contributed by atoms with van der Waals surface area (Å²) in [6.45, 7) is 1.03. The number of carboxylic acid groups (broad SMARTS) is 1. The molecule has 0 unspecified atom stereocenters. The van der Waals surface area contributed by atoms with E-state index in [0.29, 0.717) is 0 Å². The van der Waals surface area contributed by atoms with Gasteiger partial charge in [-0.2, -0.15) is 0 Å². The van der Waals surface area contributed by atoms with E-state index in [2.05, 4.69) is 43.3 Å². The molecule has 0 aliphatic rings. The van der Waals surface area contributed by atoms with Gasteiger partial charge in [-0.1, -0.05) is 60.7 Å². The minimum absolute atomic E-state index is 0.208. The summed E-state index contributed by atoms with van der Waals surface area (Å²) in [5.41, 5.74) is 1.58. The topological polar surface area (TPSA) is 57.6 Å². The predicted molar refractivity (Wildman–Crippen MR) is 82.2 cm³/mol. The summed E-state index contributed by atoms with van der Waals surface area (Å²) >= 11 is 0. The number of benzene rings is 2. The second-order valence-electron chi connectivity index (χ2n) is 4.72. The highest BCUT2D eigenvalue weighted by molar-refractivity contribution is 6.39. The van der Waals surface area contributed by atoms with Gasteiger partial charge in [0.15, 0.2) is 0 Å². The zero-order chi connectivity index (χ0) is 15.7. The van der Waals surface area contributed by atoms with Crippen molar-refractivity contribution in [3.63, 3.8) is 0 Å². The van der Waals surface area contributed by atoms with Crippen molar-refractivity contribution in [2.45, 2.75) is 6.54 Å². The lowest BCUT2D eigenvalue weighted by atomic mass is 10.1. The number of hydrogen-bond acceptors (Lipinski definition) is 3. The summed E-state index contributed by atoms with van der Waals surface area (Å²) in [4.78, 5) is 23.1. The molecule has 0 saturated heterocycles. The molecule has 0 heterocycles.